The van der Waals surface area contributed by atoms with Gasteiger partial charge in [0, 0.05) is 36.4 Å². The molecule has 0 bridgehead atoms. The molecule has 2 N–H and O–H groups in total. The predicted octanol–water partition coefficient (Wildman–Crippen LogP) is 2.80. The first-order valence-corrected chi connectivity index (χ1v) is 7.98. The lowest BCUT2D eigenvalue weighted by Gasteiger charge is -2.15. The summed E-state index contributed by atoms with van der Waals surface area (Å²) in [4.78, 5) is 14.3. The van der Waals surface area contributed by atoms with Gasteiger partial charge < -0.3 is 15.3 Å². The number of halogens is 1. The molecule has 1 aliphatic rings. The van der Waals surface area contributed by atoms with Crippen LogP contribution in [0.15, 0.2) is 42.5 Å². The number of nitrogens with zero attached hydrogens (tertiary/aromatic N) is 1. The molecule has 3 rings (SSSR count). The Hall–Kier alpha value is -2.04. The average Bonchev–Trinajstić information content (AvgIpc) is 2.93. The van der Waals surface area contributed by atoms with E-state index in [9.17, 15) is 9.90 Å². The second kappa shape index (κ2) is 6.60. The highest BCUT2D eigenvalue weighted by molar-refractivity contribution is 6.30. The first-order valence-electron chi connectivity index (χ1n) is 7.60. The molecular weight excluding hydrogens is 312 g/mol. The van der Waals surface area contributed by atoms with Crippen LogP contribution in [0.2, 0.25) is 5.02 Å². The van der Waals surface area contributed by atoms with E-state index in [-0.39, 0.29) is 12.5 Å². The normalized spacial score (nSPS) is 14.5. The Balaban J connectivity index is 1.63. The van der Waals surface area contributed by atoms with E-state index >= 15 is 0 Å². The van der Waals surface area contributed by atoms with Gasteiger partial charge in [-0.1, -0.05) is 29.8 Å². The molecule has 2 aromatic rings. The van der Waals surface area contributed by atoms with Gasteiger partial charge in [0.15, 0.2) is 0 Å². The number of aliphatic hydroxyl groups is 1. The smallest absolute Gasteiger partial charge is 0.251 e. The Morgan fingerprint density at radius 2 is 2.17 bits per heavy atom. The maximum absolute atomic E-state index is 12.1. The number of rotatable bonds is 4. The number of likely N-dealkylation sites (N-methyl/N-ethyl adjacent to an activating group) is 1. The van der Waals surface area contributed by atoms with Crippen LogP contribution in [0.3, 0.4) is 0 Å². The number of amides is 1. The van der Waals surface area contributed by atoms with Gasteiger partial charge in [0.25, 0.3) is 5.91 Å². The molecule has 0 saturated carbocycles. The molecule has 2 aromatic carbocycles. The Bertz CT molecular complexity index is 733. The largest absolute Gasteiger partial charge is 0.387 e. The molecule has 0 saturated heterocycles. The van der Waals surface area contributed by atoms with E-state index in [2.05, 4.69) is 17.3 Å². The molecule has 0 aromatic heterocycles. The van der Waals surface area contributed by atoms with Crippen molar-refractivity contribution in [1.82, 2.24) is 5.32 Å². The van der Waals surface area contributed by atoms with Crippen LogP contribution in [0.4, 0.5) is 5.69 Å². The Morgan fingerprint density at radius 3 is 2.96 bits per heavy atom. The van der Waals surface area contributed by atoms with Crippen molar-refractivity contribution in [1.29, 1.82) is 0 Å². The summed E-state index contributed by atoms with van der Waals surface area (Å²) in [7, 11) is 2.06. The molecular formula is C18H19ClN2O2. The number of carbonyl (C=O) groups is 1. The van der Waals surface area contributed by atoms with Gasteiger partial charge in [-0.15, -0.1) is 0 Å². The average molecular weight is 331 g/mol. The molecule has 4 nitrogen and oxygen atoms in total. The lowest BCUT2D eigenvalue weighted by molar-refractivity contribution is 0.0916. The highest BCUT2D eigenvalue weighted by Crippen LogP contribution is 2.29. The summed E-state index contributed by atoms with van der Waals surface area (Å²) in [5.41, 5.74) is 3.76. The summed E-state index contributed by atoms with van der Waals surface area (Å²) in [6.07, 6.45) is 0.260. The van der Waals surface area contributed by atoms with Crippen molar-refractivity contribution >= 4 is 23.2 Å². The molecule has 1 aliphatic heterocycles. The van der Waals surface area contributed by atoms with Crippen molar-refractivity contribution in [3.63, 3.8) is 0 Å². The van der Waals surface area contributed by atoms with Crippen molar-refractivity contribution in [3.05, 3.63) is 64.2 Å². The van der Waals surface area contributed by atoms with Gasteiger partial charge in [0.1, 0.15) is 0 Å². The fraction of sp³-hybridized carbons (Fsp3) is 0.278. The van der Waals surface area contributed by atoms with Crippen LogP contribution < -0.4 is 10.2 Å². The predicted molar refractivity (Wildman–Crippen MR) is 92.2 cm³/mol. The molecule has 0 unspecified atom stereocenters. The summed E-state index contributed by atoms with van der Waals surface area (Å²) in [6.45, 7) is 1.17. The van der Waals surface area contributed by atoms with Crippen LogP contribution in [0.5, 0.6) is 0 Å². The van der Waals surface area contributed by atoms with E-state index in [0.717, 1.165) is 18.5 Å². The first kappa shape index (κ1) is 15.8. The molecule has 0 spiro atoms. The Kier molecular flexibility index (Phi) is 4.55. The minimum atomic E-state index is -0.727. The number of aliphatic hydroxyl groups excluding tert-OH is 1. The van der Waals surface area contributed by atoms with Crippen molar-refractivity contribution in [3.8, 4) is 0 Å². The van der Waals surface area contributed by atoms with E-state index < -0.39 is 6.10 Å². The third kappa shape index (κ3) is 3.49. The fourth-order valence-electron chi connectivity index (χ4n) is 2.83. The number of anilines is 1. The third-order valence-corrected chi connectivity index (χ3v) is 4.39. The molecule has 1 heterocycles. The van der Waals surface area contributed by atoms with Crippen LogP contribution in [-0.4, -0.2) is 31.2 Å². The second-order valence-electron chi connectivity index (χ2n) is 5.80. The number of fused-ring (bicyclic) bond motifs is 1. The van der Waals surface area contributed by atoms with E-state index in [1.165, 1.54) is 11.3 Å². The summed E-state index contributed by atoms with van der Waals surface area (Å²) < 4.78 is 0. The zero-order valence-electron chi connectivity index (χ0n) is 12.9. The van der Waals surface area contributed by atoms with E-state index in [1.807, 2.05) is 18.2 Å². The molecule has 5 heteroatoms. The van der Waals surface area contributed by atoms with Crippen molar-refractivity contribution in [2.45, 2.75) is 12.5 Å². The fourth-order valence-corrected chi connectivity index (χ4v) is 3.02. The monoisotopic (exact) mass is 330 g/mol. The number of carbonyl (C=O) groups excluding carboxylic acids is 1. The maximum Gasteiger partial charge on any atom is 0.251 e. The molecule has 23 heavy (non-hydrogen) atoms. The summed E-state index contributed by atoms with van der Waals surface area (Å²) >= 11 is 5.88. The number of nitrogens with one attached hydrogen (secondary N) is 1. The van der Waals surface area contributed by atoms with E-state index in [4.69, 9.17) is 11.6 Å². The zero-order valence-corrected chi connectivity index (χ0v) is 13.7. The van der Waals surface area contributed by atoms with Gasteiger partial charge in [-0.3, -0.25) is 4.79 Å². The van der Waals surface area contributed by atoms with Gasteiger partial charge in [0.2, 0.25) is 0 Å². The van der Waals surface area contributed by atoms with Crippen molar-refractivity contribution in [2.24, 2.45) is 0 Å². The summed E-state index contributed by atoms with van der Waals surface area (Å²) in [5.74, 6) is -0.243. The van der Waals surface area contributed by atoms with Crippen LogP contribution in [0.1, 0.15) is 27.6 Å². The first-order chi connectivity index (χ1) is 11.0. The highest BCUT2D eigenvalue weighted by atomic mass is 35.5. The SMILES string of the molecule is CN1CCc2cc([C@H](O)CNC(=O)c3cccc(Cl)c3)ccc21. The van der Waals surface area contributed by atoms with Crippen LogP contribution in [-0.2, 0) is 6.42 Å². The summed E-state index contributed by atoms with van der Waals surface area (Å²) in [6, 6.07) is 12.7. The molecule has 120 valence electrons. The number of hydrogen-bond acceptors (Lipinski definition) is 3. The lowest BCUT2D eigenvalue weighted by atomic mass is 10.0. The lowest BCUT2D eigenvalue weighted by Crippen LogP contribution is -2.28. The van der Waals surface area contributed by atoms with Gasteiger partial charge in [-0.2, -0.15) is 0 Å². The third-order valence-electron chi connectivity index (χ3n) is 4.16. The minimum absolute atomic E-state index is 0.167. The number of hydrogen-bond donors (Lipinski definition) is 2. The van der Waals surface area contributed by atoms with Gasteiger partial charge in [-0.05, 0) is 41.8 Å². The van der Waals surface area contributed by atoms with Gasteiger partial charge in [0.05, 0.1) is 6.10 Å². The quantitative estimate of drug-likeness (QED) is 0.906. The van der Waals surface area contributed by atoms with E-state index in [1.54, 1.807) is 24.3 Å². The van der Waals surface area contributed by atoms with Crippen LogP contribution in [0, 0.1) is 0 Å². The summed E-state index contributed by atoms with van der Waals surface area (Å²) in [5, 5.41) is 13.6. The molecule has 0 fully saturated rings. The molecule has 0 aliphatic carbocycles. The van der Waals surface area contributed by atoms with Crippen LogP contribution in [0.25, 0.3) is 0 Å². The number of benzene rings is 2. The van der Waals surface area contributed by atoms with Crippen LogP contribution >= 0.6 is 11.6 Å². The maximum atomic E-state index is 12.1. The molecule has 0 radical (unpaired) electrons. The second-order valence-corrected chi connectivity index (χ2v) is 6.23. The minimum Gasteiger partial charge on any atom is -0.387 e. The van der Waals surface area contributed by atoms with Crippen molar-refractivity contribution in [2.75, 3.05) is 25.0 Å². The Labute approximate surface area is 140 Å². The molecule has 1 amide bonds. The topological polar surface area (TPSA) is 52.6 Å². The zero-order chi connectivity index (χ0) is 16.4. The van der Waals surface area contributed by atoms with E-state index in [0.29, 0.717) is 10.6 Å². The molecule has 1 atom stereocenters. The van der Waals surface area contributed by atoms with Crippen molar-refractivity contribution < 1.29 is 9.90 Å². The Morgan fingerprint density at radius 1 is 1.35 bits per heavy atom. The van der Waals surface area contributed by atoms with Gasteiger partial charge in [-0.25, -0.2) is 0 Å². The highest BCUT2D eigenvalue weighted by Gasteiger charge is 2.18. The van der Waals surface area contributed by atoms with Gasteiger partial charge >= 0.3 is 0 Å². The standard InChI is InChI=1S/C18H19ClN2O2/c1-21-8-7-12-9-13(5-6-16(12)21)17(22)11-20-18(23)14-3-2-4-15(19)10-14/h2-6,9-10,17,22H,7-8,11H2,1H3,(H,20,23)/t17-/m1/s1.